The number of aromatic nitrogens is 1. The van der Waals surface area contributed by atoms with Gasteiger partial charge in [0.25, 0.3) is 5.91 Å². The van der Waals surface area contributed by atoms with Crippen molar-refractivity contribution < 1.29 is 19.0 Å². The number of methoxy groups -OCH3 is 3. The molecule has 0 atom stereocenters. The Morgan fingerprint density at radius 3 is 2.04 bits per heavy atom. The highest BCUT2D eigenvalue weighted by Crippen LogP contribution is 2.40. The summed E-state index contributed by atoms with van der Waals surface area (Å²) in [5, 5.41) is 2.83. The molecule has 0 fully saturated rings. The highest BCUT2D eigenvalue weighted by Gasteiger charge is 2.16. The summed E-state index contributed by atoms with van der Waals surface area (Å²) in [5.41, 5.74) is 1.89. The van der Waals surface area contributed by atoms with E-state index in [1.54, 1.807) is 24.4 Å². The third-order valence-electron chi connectivity index (χ3n) is 4.26. The van der Waals surface area contributed by atoms with E-state index in [1.807, 2.05) is 6.07 Å². The Morgan fingerprint density at radius 2 is 1.61 bits per heavy atom. The van der Waals surface area contributed by atoms with Crippen LogP contribution >= 0.6 is 0 Å². The molecule has 7 nitrogen and oxygen atoms in total. The number of hydrogen-bond acceptors (Lipinski definition) is 6. The first-order valence-corrected chi connectivity index (χ1v) is 9.40. The van der Waals surface area contributed by atoms with Crippen molar-refractivity contribution in [1.29, 1.82) is 0 Å². The predicted molar refractivity (Wildman–Crippen MR) is 111 cm³/mol. The summed E-state index contributed by atoms with van der Waals surface area (Å²) < 4.78 is 15.9. The summed E-state index contributed by atoms with van der Waals surface area (Å²) in [6, 6.07) is 7.03. The van der Waals surface area contributed by atoms with Crippen LogP contribution in [0.5, 0.6) is 17.2 Å². The van der Waals surface area contributed by atoms with Gasteiger partial charge in [-0.25, -0.2) is 4.98 Å². The van der Waals surface area contributed by atoms with E-state index in [2.05, 4.69) is 29.0 Å². The molecule has 0 saturated carbocycles. The summed E-state index contributed by atoms with van der Waals surface area (Å²) >= 11 is 0. The van der Waals surface area contributed by atoms with Crippen LogP contribution < -0.4 is 24.4 Å². The fourth-order valence-corrected chi connectivity index (χ4v) is 2.97. The normalized spacial score (nSPS) is 10.3. The van der Waals surface area contributed by atoms with E-state index in [9.17, 15) is 4.79 Å². The first-order chi connectivity index (χ1) is 13.6. The van der Waals surface area contributed by atoms with Crippen molar-refractivity contribution in [2.45, 2.75) is 26.7 Å². The number of benzene rings is 1. The third kappa shape index (κ3) is 5.06. The Balaban J connectivity index is 2.18. The SMILES string of the molecule is CCCN(CCC)c1ccc(C(=O)Nc2cc(OC)c(OC)c(OC)c2)nc1. The van der Waals surface area contributed by atoms with Crippen LogP contribution in [-0.4, -0.2) is 45.3 Å². The first kappa shape index (κ1) is 21.3. The van der Waals surface area contributed by atoms with E-state index >= 15 is 0 Å². The minimum atomic E-state index is -0.307. The van der Waals surface area contributed by atoms with Crippen molar-refractivity contribution in [1.82, 2.24) is 4.98 Å². The molecule has 1 heterocycles. The predicted octanol–water partition coefficient (Wildman–Crippen LogP) is 3.99. The Morgan fingerprint density at radius 1 is 1.00 bits per heavy atom. The van der Waals surface area contributed by atoms with Gasteiger partial charge in [-0.3, -0.25) is 4.79 Å². The highest BCUT2D eigenvalue weighted by atomic mass is 16.5. The summed E-state index contributed by atoms with van der Waals surface area (Å²) in [6.45, 7) is 6.23. The summed E-state index contributed by atoms with van der Waals surface area (Å²) in [5.74, 6) is 1.10. The second-order valence-electron chi connectivity index (χ2n) is 6.26. The van der Waals surface area contributed by atoms with Crippen LogP contribution in [-0.2, 0) is 0 Å². The molecular formula is C21H29N3O4. The molecule has 0 aliphatic carbocycles. The van der Waals surface area contributed by atoms with Crippen molar-refractivity contribution in [2.24, 2.45) is 0 Å². The molecule has 1 N–H and O–H groups in total. The molecule has 2 rings (SSSR count). The average molecular weight is 387 g/mol. The maximum atomic E-state index is 12.6. The maximum absolute atomic E-state index is 12.6. The lowest BCUT2D eigenvalue weighted by atomic mass is 10.2. The van der Waals surface area contributed by atoms with Crippen molar-refractivity contribution in [2.75, 3.05) is 44.6 Å². The lowest BCUT2D eigenvalue weighted by molar-refractivity contribution is 0.102. The second-order valence-corrected chi connectivity index (χ2v) is 6.26. The van der Waals surface area contributed by atoms with Gasteiger partial charge in [0.05, 0.1) is 33.2 Å². The number of nitrogens with one attached hydrogen (secondary N) is 1. The van der Waals surface area contributed by atoms with Gasteiger partial charge in [0.2, 0.25) is 5.75 Å². The zero-order valence-electron chi connectivity index (χ0n) is 17.2. The van der Waals surface area contributed by atoms with Crippen LogP contribution in [0.2, 0.25) is 0 Å². The molecule has 0 spiro atoms. The molecule has 152 valence electrons. The molecule has 28 heavy (non-hydrogen) atoms. The Hall–Kier alpha value is -2.96. The van der Waals surface area contributed by atoms with Crippen LogP contribution in [0.25, 0.3) is 0 Å². The van der Waals surface area contributed by atoms with Crippen molar-refractivity contribution in [3.8, 4) is 17.2 Å². The van der Waals surface area contributed by atoms with Gasteiger partial charge in [0.15, 0.2) is 11.5 Å². The number of nitrogens with zero attached hydrogens (tertiary/aromatic N) is 2. The van der Waals surface area contributed by atoms with Crippen LogP contribution in [0.3, 0.4) is 0 Å². The molecule has 0 radical (unpaired) electrons. The standard InChI is InChI=1S/C21H29N3O4/c1-6-10-24(11-7-2)16-8-9-17(22-14-16)21(25)23-15-12-18(26-3)20(28-5)19(13-15)27-4/h8-9,12-14H,6-7,10-11H2,1-5H3,(H,23,25). The number of anilines is 2. The van der Waals surface area contributed by atoms with E-state index in [1.165, 1.54) is 21.3 Å². The van der Waals surface area contributed by atoms with Crippen molar-refractivity contribution >= 4 is 17.3 Å². The molecule has 0 aliphatic rings. The number of carbonyl (C=O) groups excluding carboxylic acids is 1. The largest absolute Gasteiger partial charge is 0.493 e. The van der Waals surface area contributed by atoms with Crippen molar-refractivity contribution in [3.05, 3.63) is 36.2 Å². The lowest BCUT2D eigenvalue weighted by Gasteiger charge is -2.23. The third-order valence-corrected chi connectivity index (χ3v) is 4.26. The van der Waals surface area contributed by atoms with Gasteiger partial charge in [0.1, 0.15) is 5.69 Å². The molecule has 1 aromatic carbocycles. The van der Waals surface area contributed by atoms with E-state index in [0.29, 0.717) is 28.6 Å². The molecule has 1 amide bonds. The van der Waals surface area contributed by atoms with Gasteiger partial charge in [-0.2, -0.15) is 0 Å². The van der Waals surface area contributed by atoms with Crippen LogP contribution in [0.4, 0.5) is 11.4 Å². The van der Waals surface area contributed by atoms with Gasteiger partial charge in [0, 0.05) is 30.9 Å². The molecule has 0 bridgehead atoms. The molecule has 0 saturated heterocycles. The van der Waals surface area contributed by atoms with E-state index in [0.717, 1.165) is 31.6 Å². The molecule has 0 unspecified atom stereocenters. The van der Waals surface area contributed by atoms with Gasteiger partial charge in [-0.15, -0.1) is 0 Å². The fourth-order valence-electron chi connectivity index (χ4n) is 2.97. The number of pyridine rings is 1. The molecule has 2 aromatic rings. The fraction of sp³-hybridized carbons (Fsp3) is 0.429. The quantitative estimate of drug-likeness (QED) is 0.665. The number of rotatable bonds is 10. The van der Waals surface area contributed by atoms with Gasteiger partial charge < -0.3 is 24.4 Å². The Labute approximate surface area is 166 Å². The van der Waals surface area contributed by atoms with Crippen LogP contribution in [0.15, 0.2) is 30.5 Å². The highest BCUT2D eigenvalue weighted by molar-refractivity contribution is 6.03. The number of hydrogen-bond donors (Lipinski definition) is 1. The molecule has 1 aromatic heterocycles. The smallest absolute Gasteiger partial charge is 0.274 e. The zero-order chi connectivity index (χ0) is 20.5. The van der Waals surface area contributed by atoms with Gasteiger partial charge in [-0.1, -0.05) is 13.8 Å². The average Bonchev–Trinajstić information content (AvgIpc) is 2.72. The van der Waals surface area contributed by atoms with E-state index in [4.69, 9.17) is 14.2 Å². The monoisotopic (exact) mass is 387 g/mol. The zero-order valence-corrected chi connectivity index (χ0v) is 17.2. The summed E-state index contributed by atoms with van der Waals surface area (Å²) in [6.07, 6.45) is 3.86. The number of amides is 1. The van der Waals surface area contributed by atoms with Crippen LogP contribution in [0, 0.1) is 0 Å². The summed E-state index contributed by atoms with van der Waals surface area (Å²) in [4.78, 5) is 19.2. The molecular weight excluding hydrogens is 358 g/mol. The molecule has 7 heteroatoms. The van der Waals surface area contributed by atoms with Gasteiger partial charge >= 0.3 is 0 Å². The first-order valence-electron chi connectivity index (χ1n) is 9.40. The Kier molecular flexibility index (Phi) is 7.92. The topological polar surface area (TPSA) is 72.9 Å². The molecule has 0 aliphatic heterocycles. The van der Waals surface area contributed by atoms with Crippen LogP contribution in [0.1, 0.15) is 37.2 Å². The Bertz CT molecular complexity index is 747. The minimum Gasteiger partial charge on any atom is -0.493 e. The summed E-state index contributed by atoms with van der Waals surface area (Å²) in [7, 11) is 4.59. The lowest BCUT2D eigenvalue weighted by Crippen LogP contribution is -2.25. The number of ether oxygens (including phenoxy) is 3. The minimum absolute atomic E-state index is 0.307. The van der Waals surface area contributed by atoms with E-state index in [-0.39, 0.29) is 5.91 Å². The van der Waals surface area contributed by atoms with Crippen molar-refractivity contribution in [3.63, 3.8) is 0 Å². The maximum Gasteiger partial charge on any atom is 0.274 e. The van der Waals surface area contributed by atoms with E-state index < -0.39 is 0 Å². The number of carbonyl (C=O) groups is 1. The van der Waals surface area contributed by atoms with Gasteiger partial charge in [-0.05, 0) is 25.0 Å². The second kappa shape index (κ2) is 10.4.